The molecule has 1 fully saturated rings. The van der Waals surface area contributed by atoms with Crippen molar-refractivity contribution in [3.05, 3.63) is 59.9 Å². The highest BCUT2D eigenvalue weighted by Crippen LogP contribution is 2.22. The fourth-order valence-corrected chi connectivity index (χ4v) is 2.94. The Labute approximate surface area is 203 Å². The van der Waals surface area contributed by atoms with Gasteiger partial charge in [-0.1, -0.05) is 24.3 Å². The van der Waals surface area contributed by atoms with Crippen molar-refractivity contribution in [3.8, 4) is 5.75 Å². The summed E-state index contributed by atoms with van der Waals surface area (Å²) in [7, 11) is 0. The van der Waals surface area contributed by atoms with E-state index < -0.39 is 24.3 Å². The van der Waals surface area contributed by atoms with E-state index in [0.717, 1.165) is 44.6 Å². The number of benzene rings is 1. The van der Waals surface area contributed by atoms with Crippen molar-refractivity contribution in [1.82, 2.24) is 9.88 Å². The van der Waals surface area contributed by atoms with Gasteiger partial charge in [0.15, 0.2) is 0 Å². The predicted molar refractivity (Wildman–Crippen MR) is 117 cm³/mol. The van der Waals surface area contributed by atoms with Crippen LogP contribution in [0.15, 0.2) is 48.7 Å². The molecule has 0 saturated carbocycles. The average molecular weight is 524 g/mol. The van der Waals surface area contributed by atoms with E-state index in [9.17, 15) is 26.3 Å². The molecule has 3 rings (SSSR count). The standard InChI is InChI=1S/C19H24N2O.2C2HF3O2/c1-16-6-2-3-8-19(16)22-18-10-14-21(15-11-18)13-9-17-7-4-5-12-20-17;2*3-2(4,5)1(6)7/h2-8,12,18H,9-11,13-15H2,1H3;2*(H,6,7). The molecule has 1 aliphatic rings. The number of hydrogen-bond donors (Lipinski definition) is 2. The molecule has 0 unspecified atom stereocenters. The van der Waals surface area contributed by atoms with E-state index in [1.807, 2.05) is 18.3 Å². The molecule has 0 aliphatic carbocycles. The summed E-state index contributed by atoms with van der Waals surface area (Å²) in [4.78, 5) is 24.7. The number of carbonyl (C=O) groups is 2. The van der Waals surface area contributed by atoms with E-state index >= 15 is 0 Å². The highest BCUT2D eigenvalue weighted by atomic mass is 19.4. The molecular formula is C23H26F6N2O5. The average Bonchev–Trinajstić information content (AvgIpc) is 2.80. The third-order valence-corrected chi connectivity index (χ3v) is 4.82. The number of alkyl halides is 6. The van der Waals surface area contributed by atoms with Crippen LogP contribution in [-0.2, 0) is 16.0 Å². The topological polar surface area (TPSA) is 100.0 Å². The zero-order chi connectivity index (χ0) is 27.4. The SMILES string of the molecule is Cc1ccccc1OC1CCN(CCc2ccccn2)CC1.O=C(O)C(F)(F)F.O=C(O)C(F)(F)F. The van der Waals surface area contributed by atoms with Gasteiger partial charge in [0, 0.05) is 37.9 Å². The molecule has 1 aromatic heterocycles. The van der Waals surface area contributed by atoms with Gasteiger partial charge in [0.05, 0.1) is 0 Å². The van der Waals surface area contributed by atoms with Crippen molar-refractivity contribution in [3.63, 3.8) is 0 Å². The lowest BCUT2D eigenvalue weighted by Crippen LogP contribution is -2.39. The fourth-order valence-electron chi connectivity index (χ4n) is 2.94. The van der Waals surface area contributed by atoms with E-state index in [1.165, 1.54) is 11.3 Å². The van der Waals surface area contributed by atoms with Gasteiger partial charge in [-0.2, -0.15) is 26.3 Å². The summed E-state index contributed by atoms with van der Waals surface area (Å²) in [5.41, 5.74) is 2.40. The van der Waals surface area contributed by atoms with Crippen LogP contribution in [0.3, 0.4) is 0 Å². The molecule has 36 heavy (non-hydrogen) atoms. The van der Waals surface area contributed by atoms with Crippen LogP contribution in [0.1, 0.15) is 24.1 Å². The Morgan fingerprint density at radius 2 is 1.44 bits per heavy atom. The van der Waals surface area contributed by atoms with Crippen LogP contribution in [0.5, 0.6) is 5.75 Å². The Kier molecular flexibility index (Phi) is 12.2. The Morgan fingerprint density at radius 3 is 1.89 bits per heavy atom. The van der Waals surface area contributed by atoms with Gasteiger partial charge in [-0.25, -0.2) is 9.59 Å². The number of likely N-dealkylation sites (tertiary alicyclic amines) is 1. The molecule has 0 radical (unpaired) electrons. The number of carboxylic acids is 2. The van der Waals surface area contributed by atoms with E-state index in [0.29, 0.717) is 6.10 Å². The van der Waals surface area contributed by atoms with Crippen molar-refractivity contribution in [2.75, 3.05) is 19.6 Å². The number of aliphatic carboxylic acids is 2. The minimum Gasteiger partial charge on any atom is -0.490 e. The first-order chi connectivity index (χ1) is 16.7. The van der Waals surface area contributed by atoms with Gasteiger partial charge in [0.25, 0.3) is 0 Å². The minimum absolute atomic E-state index is 0.354. The molecule has 2 aromatic rings. The van der Waals surface area contributed by atoms with Gasteiger partial charge in [0.1, 0.15) is 11.9 Å². The maximum atomic E-state index is 10.6. The summed E-state index contributed by atoms with van der Waals surface area (Å²) in [5.74, 6) is -4.48. The number of halogens is 6. The zero-order valence-electron chi connectivity index (χ0n) is 19.2. The molecule has 0 amide bonds. The second-order valence-electron chi connectivity index (χ2n) is 7.60. The van der Waals surface area contributed by atoms with Gasteiger partial charge >= 0.3 is 24.3 Å². The van der Waals surface area contributed by atoms with E-state index in [1.54, 1.807) is 0 Å². The minimum atomic E-state index is -5.08. The summed E-state index contributed by atoms with van der Waals surface area (Å²) in [6.07, 6.45) is -4.69. The van der Waals surface area contributed by atoms with Crippen LogP contribution in [0.2, 0.25) is 0 Å². The second kappa shape index (κ2) is 14.3. The molecular weight excluding hydrogens is 498 g/mol. The van der Waals surface area contributed by atoms with E-state index in [4.69, 9.17) is 24.5 Å². The Morgan fingerprint density at radius 1 is 0.944 bits per heavy atom. The summed E-state index contributed by atoms with van der Waals surface area (Å²) in [5, 5.41) is 14.2. The first-order valence-electron chi connectivity index (χ1n) is 10.6. The molecule has 13 heteroatoms. The van der Waals surface area contributed by atoms with Gasteiger partial charge in [-0.05, 0) is 43.5 Å². The van der Waals surface area contributed by atoms with E-state index in [2.05, 4.69) is 47.1 Å². The third-order valence-electron chi connectivity index (χ3n) is 4.82. The van der Waals surface area contributed by atoms with E-state index in [-0.39, 0.29) is 0 Å². The highest BCUT2D eigenvalue weighted by Gasteiger charge is 2.38. The van der Waals surface area contributed by atoms with Crippen molar-refractivity contribution in [2.24, 2.45) is 0 Å². The summed E-state index contributed by atoms with van der Waals surface area (Å²) < 4.78 is 69.6. The van der Waals surface area contributed by atoms with Crippen molar-refractivity contribution >= 4 is 11.9 Å². The van der Waals surface area contributed by atoms with Gasteiger partial charge in [-0.15, -0.1) is 0 Å². The summed E-state index contributed by atoms with van der Waals surface area (Å²) in [6.45, 7) is 5.43. The zero-order valence-corrected chi connectivity index (χ0v) is 19.2. The predicted octanol–water partition coefficient (Wildman–Crippen LogP) is 4.74. The Balaban J connectivity index is 0.000000383. The number of rotatable bonds is 5. The van der Waals surface area contributed by atoms with Crippen LogP contribution in [0, 0.1) is 6.92 Å². The summed E-state index contributed by atoms with van der Waals surface area (Å²) in [6, 6.07) is 14.4. The lowest BCUT2D eigenvalue weighted by molar-refractivity contribution is -0.193. The first-order valence-corrected chi connectivity index (χ1v) is 10.6. The molecule has 1 saturated heterocycles. The molecule has 1 aromatic carbocycles. The van der Waals surface area contributed by atoms with Crippen LogP contribution in [0.25, 0.3) is 0 Å². The van der Waals surface area contributed by atoms with Crippen LogP contribution in [-0.4, -0.2) is 70.1 Å². The molecule has 200 valence electrons. The molecule has 2 heterocycles. The monoisotopic (exact) mass is 524 g/mol. The first kappa shape index (κ1) is 30.7. The quantitative estimate of drug-likeness (QED) is 0.545. The largest absolute Gasteiger partial charge is 0.490 e. The second-order valence-corrected chi connectivity index (χ2v) is 7.60. The van der Waals surface area contributed by atoms with Crippen molar-refractivity contribution in [2.45, 2.75) is 44.6 Å². The fraction of sp³-hybridized carbons (Fsp3) is 0.435. The van der Waals surface area contributed by atoms with Gasteiger partial charge in [0.2, 0.25) is 0 Å². The highest BCUT2D eigenvalue weighted by molar-refractivity contribution is 5.73. The van der Waals surface area contributed by atoms with Crippen molar-refractivity contribution in [1.29, 1.82) is 0 Å². The molecule has 7 nitrogen and oxygen atoms in total. The third kappa shape index (κ3) is 12.4. The normalized spacial score (nSPS) is 14.5. The number of hydrogen-bond acceptors (Lipinski definition) is 5. The molecule has 2 N–H and O–H groups in total. The molecule has 0 atom stereocenters. The molecule has 0 spiro atoms. The van der Waals surface area contributed by atoms with Gasteiger partial charge < -0.3 is 19.8 Å². The number of nitrogens with zero attached hydrogens (tertiary/aromatic N) is 2. The van der Waals surface area contributed by atoms with Crippen molar-refractivity contribution < 1.29 is 50.9 Å². The maximum Gasteiger partial charge on any atom is 0.490 e. The number of aryl methyl sites for hydroxylation is 1. The number of ether oxygens (including phenoxy) is 1. The Bertz CT molecular complexity index is 922. The number of para-hydroxylation sites is 1. The van der Waals surface area contributed by atoms with Crippen LogP contribution < -0.4 is 4.74 Å². The number of pyridine rings is 1. The Hall–Kier alpha value is -3.35. The number of carboxylic acid groups (broad SMARTS) is 2. The maximum absolute atomic E-state index is 10.6. The molecule has 1 aliphatic heterocycles. The smallest absolute Gasteiger partial charge is 0.490 e. The number of piperidine rings is 1. The lowest BCUT2D eigenvalue weighted by Gasteiger charge is -2.32. The lowest BCUT2D eigenvalue weighted by atomic mass is 10.1. The number of aromatic nitrogens is 1. The molecule has 0 bridgehead atoms. The summed E-state index contributed by atoms with van der Waals surface area (Å²) >= 11 is 0. The van der Waals surface area contributed by atoms with Crippen LogP contribution in [0.4, 0.5) is 26.3 Å². The van der Waals surface area contributed by atoms with Gasteiger partial charge in [-0.3, -0.25) is 4.98 Å². The van der Waals surface area contributed by atoms with Crippen LogP contribution >= 0.6 is 0 Å².